The Morgan fingerprint density at radius 2 is 1.76 bits per heavy atom. The van der Waals surface area contributed by atoms with Crippen LogP contribution in [0.5, 0.6) is 0 Å². The summed E-state index contributed by atoms with van der Waals surface area (Å²) in [5.41, 5.74) is 11.5. The molecule has 3 aromatic heterocycles. The van der Waals surface area contributed by atoms with Crippen molar-refractivity contribution in [2.45, 2.75) is 55.7 Å². The van der Waals surface area contributed by atoms with E-state index in [0.717, 1.165) is 0 Å². The first-order chi connectivity index (χ1) is 21.3. The number of alkyl halides is 1. The number of nitrogen functional groups attached to an aromatic ring is 1. The van der Waals surface area contributed by atoms with E-state index in [0.29, 0.717) is 11.5 Å². The van der Waals surface area contributed by atoms with Crippen LogP contribution in [0, 0.1) is 0 Å². The number of hydrogen-bond donors (Lipinski definition) is 7. The Bertz CT molecular complexity index is 1840. The van der Waals surface area contributed by atoms with Gasteiger partial charge in [0.15, 0.2) is 30.1 Å². The predicted octanol–water partition coefficient (Wildman–Crippen LogP) is -0.928. The zero-order valence-electron chi connectivity index (χ0n) is 22.7. The van der Waals surface area contributed by atoms with Crippen LogP contribution < -0.4 is 22.3 Å². The SMILES string of the molecule is NC1=NCc2ncn([C@@H]3O[C@@H]4COP(O)(=S)O[C@H]5[C@@H](O)[C@H](n6cnc7c(=O)[nH]c(N)cc76)O[C@@H]5COP(=O)(O)O[C@H]4[C@H]3F)c2N1. The van der Waals surface area contributed by atoms with Gasteiger partial charge in [-0.3, -0.25) is 22.9 Å². The van der Waals surface area contributed by atoms with Crippen molar-refractivity contribution in [2.24, 2.45) is 10.7 Å². The molecule has 0 amide bonds. The highest BCUT2D eigenvalue weighted by atomic mass is 32.5. The lowest BCUT2D eigenvalue weighted by molar-refractivity contribution is -0.0629. The van der Waals surface area contributed by atoms with E-state index in [-0.39, 0.29) is 29.4 Å². The number of H-pyrrole nitrogens is 1. The van der Waals surface area contributed by atoms with Gasteiger partial charge >= 0.3 is 14.5 Å². The fraction of sp³-hybridized carbons (Fsp3) is 0.524. The highest BCUT2D eigenvalue weighted by molar-refractivity contribution is 8.07. The number of aliphatic imine (C=N–C) groups is 1. The zero-order valence-corrected chi connectivity index (χ0v) is 25.3. The first kappa shape index (κ1) is 30.8. The Balaban J connectivity index is 1.16. The molecule has 4 aliphatic heterocycles. The molecule has 2 unspecified atom stereocenters. The van der Waals surface area contributed by atoms with Gasteiger partial charge in [-0.05, 0) is 11.8 Å². The Kier molecular flexibility index (Phi) is 7.62. The van der Waals surface area contributed by atoms with Crippen molar-refractivity contribution >= 4 is 55.0 Å². The van der Waals surface area contributed by atoms with Gasteiger partial charge in [0.05, 0.1) is 37.9 Å². The molecule has 7 rings (SSSR count). The minimum absolute atomic E-state index is 0.00812. The molecule has 4 aliphatic rings. The molecule has 0 spiro atoms. The second-order valence-corrected chi connectivity index (χ2v) is 14.6. The van der Waals surface area contributed by atoms with Crippen molar-refractivity contribution in [2.75, 3.05) is 24.3 Å². The Morgan fingerprint density at radius 1 is 1.04 bits per heavy atom. The van der Waals surface area contributed by atoms with Crippen LogP contribution in [0.25, 0.3) is 11.0 Å². The van der Waals surface area contributed by atoms with Crippen molar-refractivity contribution in [1.82, 2.24) is 24.1 Å². The average molecular weight is 694 g/mol. The number of aliphatic hydroxyl groups is 1. The molecule has 3 fully saturated rings. The zero-order chi connectivity index (χ0) is 31.8. The van der Waals surface area contributed by atoms with E-state index in [4.69, 9.17) is 50.8 Å². The molecule has 3 aromatic rings. The predicted molar refractivity (Wildman–Crippen MR) is 153 cm³/mol. The van der Waals surface area contributed by atoms with E-state index in [1.165, 1.54) is 27.9 Å². The number of aliphatic hydroxyl groups excluding tert-OH is 1. The number of phosphoric ester groups is 1. The number of pyridine rings is 1. The van der Waals surface area contributed by atoms with Crippen LogP contribution in [0.4, 0.5) is 16.0 Å². The summed E-state index contributed by atoms with van der Waals surface area (Å²) in [4.78, 5) is 48.4. The van der Waals surface area contributed by atoms with Crippen molar-refractivity contribution in [3.63, 3.8) is 0 Å². The number of halogens is 1. The monoisotopic (exact) mass is 693 g/mol. The maximum Gasteiger partial charge on any atom is 0.472 e. The topological polar surface area (TPSA) is 278 Å². The van der Waals surface area contributed by atoms with Crippen LogP contribution >= 0.6 is 14.5 Å². The number of hydrogen-bond acceptors (Lipinski definition) is 16. The van der Waals surface area contributed by atoms with Gasteiger partial charge in [0.1, 0.15) is 47.8 Å². The number of nitrogens with zero attached hydrogens (tertiary/aromatic N) is 5. The summed E-state index contributed by atoms with van der Waals surface area (Å²) in [5.74, 6) is 0.360. The number of imidazole rings is 2. The van der Waals surface area contributed by atoms with Crippen molar-refractivity contribution in [1.29, 1.82) is 0 Å². The fourth-order valence-corrected chi connectivity index (χ4v) is 7.93. The first-order valence-electron chi connectivity index (χ1n) is 13.2. The number of fused-ring (bicyclic) bond motifs is 4. The van der Waals surface area contributed by atoms with Crippen LogP contribution in [0.3, 0.4) is 0 Å². The molecule has 9 N–H and O–H groups in total. The van der Waals surface area contributed by atoms with Gasteiger partial charge in [-0.15, -0.1) is 0 Å². The van der Waals surface area contributed by atoms with Crippen molar-refractivity contribution < 1.29 is 51.4 Å². The number of phosphoric acid groups is 1. The van der Waals surface area contributed by atoms with Gasteiger partial charge in [-0.25, -0.2) is 23.9 Å². The van der Waals surface area contributed by atoms with E-state index in [2.05, 4.69) is 25.3 Å². The van der Waals surface area contributed by atoms with Crippen LogP contribution in [0.15, 0.2) is 28.5 Å². The molecule has 3 saturated heterocycles. The van der Waals surface area contributed by atoms with E-state index in [1.54, 1.807) is 0 Å². The van der Waals surface area contributed by atoms with Gasteiger partial charge in [-0.2, -0.15) is 0 Å². The normalized spacial score (nSPS) is 38.8. The third-order valence-corrected chi connectivity index (χ3v) is 10.1. The quantitative estimate of drug-likeness (QED) is 0.160. The molecule has 0 bridgehead atoms. The van der Waals surface area contributed by atoms with Crippen molar-refractivity contribution in [3.05, 3.63) is 34.8 Å². The van der Waals surface area contributed by atoms with Gasteiger partial charge in [0, 0.05) is 6.07 Å². The van der Waals surface area contributed by atoms with Gasteiger partial charge in [0.25, 0.3) is 5.56 Å². The second-order valence-electron chi connectivity index (χ2n) is 10.4. The average Bonchev–Trinajstić information content (AvgIpc) is 3.71. The van der Waals surface area contributed by atoms with Crippen molar-refractivity contribution in [3.8, 4) is 0 Å². The van der Waals surface area contributed by atoms with Crippen LogP contribution in [-0.4, -0.2) is 94.8 Å². The lowest BCUT2D eigenvalue weighted by Gasteiger charge is -2.29. The third-order valence-electron chi connectivity index (χ3n) is 7.55. The molecule has 7 heterocycles. The van der Waals surface area contributed by atoms with E-state index in [9.17, 15) is 24.3 Å². The number of nitrogens with one attached hydrogen (secondary N) is 2. The maximum atomic E-state index is 15.9. The van der Waals surface area contributed by atoms with E-state index in [1.807, 2.05) is 0 Å². The molecule has 0 saturated carbocycles. The molecular weight excluding hydrogens is 667 g/mol. The summed E-state index contributed by atoms with van der Waals surface area (Å²) >= 11 is 5.17. The van der Waals surface area contributed by atoms with Crippen LogP contribution in [-0.2, 0) is 50.5 Å². The number of anilines is 2. The van der Waals surface area contributed by atoms with Gasteiger partial charge in [0.2, 0.25) is 0 Å². The number of aromatic amines is 1. The first-order valence-corrected chi connectivity index (χ1v) is 17.3. The Morgan fingerprint density at radius 3 is 2.56 bits per heavy atom. The highest BCUT2D eigenvalue weighted by Gasteiger charge is 2.54. The largest absolute Gasteiger partial charge is 0.472 e. The van der Waals surface area contributed by atoms with Gasteiger partial charge in [-0.1, -0.05) is 0 Å². The van der Waals surface area contributed by atoms with Crippen LogP contribution in [0.1, 0.15) is 18.1 Å². The summed E-state index contributed by atoms with van der Waals surface area (Å²) in [6, 6.07) is 1.38. The van der Waals surface area contributed by atoms with Crippen LogP contribution in [0.2, 0.25) is 0 Å². The summed E-state index contributed by atoms with van der Waals surface area (Å²) in [7, 11) is -5.05. The van der Waals surface area contributed by atoms with Gasteiger partial charge < -0.3 is 55.2 Å². The Hall–Kier alpha value is -2.85. The minimum Gasteiger partial charge on any atom is -0.386 e. The number of guanidine groups is 1. The fourth-order valence-electron chi connectivity index (χ4n) is 5.53. The van der Waals surface area contributed by atoms with E-state index >= 15 is 4.39 Å². The molecular formula is C21H26FN9O11P2S. The molecule has 0 aromatic carbocycles. The standard InChI is InChI=1S/C21H26FN9O11P2S/c22-12-15-9(39-19(12)31-5-26-7-2-25-21(24)29-17(7)31)4-38-44(36,45)42-16-10(3-37-43(34,35)41-15)40-20(14(16)32)30-6-27-13-8(30)1-11(23)28-18(13)33/h1,5-6,9-10,12,14-16,19-20,32H,2-4H2,(H,34,35)(H,36,45)(H3,23,28,33)(H3,24,25,29)/t9-,10-,12-,14-,15-,16-,19-,20-,44?/m1/s1. The minimum atomic E-state index is -5.05. The third kappa shape index (κ3) is 5.60. The Labute approximate surface area is 255 Å². The molecule has 24 heteroatoms. The summed E-state index contributed by atoms with van der Waals surface area (Å²) in [5, 5.41) is 14.0. The highest BCUT2D eigenvalue weighted by Crippen LogP contribution is 2.54. The molecule has 10 atom stereocenters. The van der Waals surface area contributed by atoms with E-state index < -0.39 is 82.5 Å². The molecule has 0 aliphatic carbocycles. The molecule has 20 nitrogen and oxygen atoms in total. The maximum absolute atomic E-state index is 15.9. The number of nitrogens with two attached hydrogens (primary N) is 2. The number of rotatable bonds is 2. The summed E-state index contributed by atoms with van der Waals surface area (Å²) < 4.78 is 64.8. The molecule has 0 radical (unpaired) electrons. The second kappa shape index (κ2) is 11.1. The summed E-state index contributed by atoms with van der Waals surface area (Å²) in [6.45, 7) is -5.52. The lowest BCUT2D eigenvalue weighted by atomic mass is 10.1. The molecule has 45 heavy (non-hydrogen) atoms. The lowest BCUT2D eigenvalue weighted by Crippen LogP contribution is -2.38. The number of ether oxygens (including phenoxy) is 2. The number of aromatic nitrogens is 5. The molecule has 244 valence electrons. The smallest absolute Gasteiger partial charge is 0.386 e. The summed E-state index contributed by atoms with van der Waals surface area (Å²) in [6.07, 6.45) is -9.99.